The highest BCUT2D eigenvalue weighted by atomic mass is 32.2. The van der Waals surface area contributed by atoms with Gasteiger partial charge in [0.2, 0.25) is 0 Å². The molecule has 0 fully saturated rings. The van der Waals surface area contributed by atoms with Crippen molar-refractivity contribution in [2.24, 2.45) is 0 Å². The third-order valence-corrected chi connectivity index (χ3v) is 3.90. The van der Waals surface area contributed by atoms with Crippen LogP contribution in [0.5, 0.6) is 0 Å². The summed E-state index contributed by atoms with van der Waals surface area (Å²) in [7, 11) is 0. The van der Waals surface area contributed by atoms with E-state index in [0.717, 1.165) is 11.1 Å². The minimum atomic E-state index is -1.03. The predicted octanol–water partition coefficient (Wildman–Crippen LogP) is 3.46. The fourth-order valence-electron chi connectivity index (χ4n) is 1.93. The van der Waals surface area contributed by atoms with Crippen LogP contribution in [0, 0.1) is 37.5 Å². The van der Waals surface area contributed by atoms with Crippen LogP contribution in [0.2, 0.25) is 0 Å². The summed E-state index contributed by atoms with van der Waals surface area (Å²) in [6, 6.07) is 16.0. The second-order valence-corrected chi connectivity index (χ2v) is 6.53. The van der Waals surface area contributed by atoms with Gasteiger partial charge in [0.1, 0.15) is 0 Å². The van der Waals surface area contributed by atoms with E-state index < -0.39 is 11.2 Å². The summed E-state index contributed by atoms with van der Waals surface area (Å²) in [5, 5.41) is 0. The molecular formula is C20H18OS. The highest BCUT2D eigenvalue weighted by molar-refractivity contribution is 7.91. The lowest BCUT2D eigenvalue weighted by Crippen LogP contribution is -2.08. The first kappa shape index (κ1) is 16.2. The summed E-state index contributed by atoms with van der Waals surface area (Å²) in [5.74, 6) is 12.7. The molecule has 0 saturated carbocycles. The van der Waals surface area contributed by atoms with Gasteiger partial charge in [-0.15, -0.1) is 0 Å². The highest BCUT2D eigenvalue weighted by Gasteiger charge is 1.99. The SMILES string of the molecule is Cc1cccc(C#CC[S+]([O-])CC#Cc2cccc(C)c2)c1. The Kier molecular flexibility index (Phi) is 6.16. The second-order valence-electron chi connectivity index (χ2n) is 5.07. The van der Waals surface area contributed by atoms with Crippen molar-refractivity contribution in [2.75, 3.05) is 11.5 Å². The summed E-state index contributed by atoms with van der Waals surface area (Å²) >= 11 is -1.03. The molecule has 0 aliphatic rings. The van der Waals surface area contributed by atoms with Crippen molar-refractivity contribution in [3.63, 3.8) is 0 Å². The lowest BCUT2D eigenvalue weighted by atomic mass is 10.1. The maximum atomic E-state index is 11.9. The number of hydrogen-bond donors (Lipinski definition) is 0. The van der Waals surface area contributed by atoms with Crippen LogP contribution < -0.4 is 0 Å². The van der Waals surface area contributed by atoms with Gasteiger partial charge in [0.05, 0.1) is 0 Å². The van der Waals surface area contributed by atoms with E-state index in [-0.39, 0.29) is 0 Å². The Bertz CT molecular complexity index is 691. The van der Waals surface area contributed by atoms with E-state index in [1.165, 1.54) is 11.1 Å². The van der Waals surface area contributed by atoms with Gasteiger partial charge in [-0.2, -0.15) is 0 Å². The molecule has 0 atom stereocenters. The molecule has 0 bridgehead atoms. The molecule has 0 aromatic heterocycles. The van der Waals surface area contributed by atoms with Crippen LogP contribution in [-0.4, -0.2) is 16.1 Å². The third-order valence-electron chi connectivity index (χ3n) is 2.97. The van der Waals surface area contributed by atoms with Gasteiger partial charge < -0.3 is 4.55 Å². The van der Waals surface area contributed by atoms with Crippen LogP contribution in [0.3, 0.4) is 0 Å². The fraction of sp³-hybridized carbons (Fsp3) is 0.200. The molecule has 22 heavy (non-hydrogen) atoms. The van der Waals surface area contributed by atoms with Crippen molar-refractivity contribution in [1.82, 2.24) is 0 Å². The van der Waals surface area contributed by atoms with Gasteiger partial charge in [0.25, 0.3) is 0 Å². The largest absolute Gasteiger partial charge is 0.615 e. The van der Waals surface area contributed by atoms with Crippen LogP contribution in [0.25, 0.3) is 0 Å². The van der Waals surface area contributed by atoms with Crippen molar-refractivity contribution in [2.45, 2.75) is 13.8 Å². The molecular weight excluding hydrogens is 288 g/mol. The predicted molar refractivity (Wildman–Crippen MR) is 94.0 cm³/mol. The molecule has 0 saturated heterocycles. The van der Waals surface area contributed by atoms with Crippen molar-refractivity contribution in [3.8, 4) is 23.7 Å². The Morgan fingerprint density at radius 1 is 0.818 bits per heavy atom. The zero-order valence-corrected chi connectivity index (χ0v) is 13.7. The van der Waals surface area contributed by atoms with Crippen molar-refractivity contribution < 1.29 is 4.55 Å². The van der Waals surface area contributed by atoms with Crippen LogP contribution in [0.1, 0.15) is 22.3 Å². The van der Waals surface area contributed by atoms with Crippen LogP contribution in [0.15, 0.2) is 48.5 Å². The first-order valence-corrected chi connectivity index (χ1v) is 8.58. The van der Waals surface area contributed by atoms with Crippen LogP contribution in [-0.2, 0) is 11.2 Å². The number of hydrogen-bond acceptors (Lipinski definition) is 1. The molecule has 0 heterocycles. The lowest BCUT2D eigenvalue weighted by molar-refractivity contribution is 0.601. The molecule has 0 aliphatic heterocycles. The average molecular weight is 306 g/mol. The van der Waals surface area contributed by atoms with Crippen molar-refractivity contribution >= 4 is 11.2 Å². The average Bonchev–Trinajstić information content (AvgIpc) is 2.47. The molecule has 2 rings (SSSR count). The van der Waals surface area contributed by atoms with Crippen LogP contribution in [0.4, 0.5) is 0 Å². The fourth-order valence-corrected chi connectivity index (χ4v) is 2.50. The molecule has 0 radical (unpaired) electrons. The molecule has 0 unspecified atom stereocenters. The summed E-state index contributed by atoms with van der Waals surface area (Å²) in [5.41, 5.74) is 4.28. The molecule has 1 nitrogen and oxygen atoms in total. The Hall–Kier alpha value is -2.13. The lowest BCUT2D eigenvalue weighted by Gasteiger charge is -2.02. The first-order chi connectivity index (χ1) is 10.6. The Morgan fingerprint density at radius 2 is 1.27 bits per heavy atom. The van der Waals surface area contributed by atoms with E-state index in [1.807, 2.05) is 62.4 Å². The van der Waals surface area contributed by atoms with Crippen molar-refractivity contribution in [1.29, 1.82) is 0 Å². The number of aryl methyl sites for hydroxylation is 2. The van der Waals surface area contributed by atoms with E-state index in [0.29, 0.717) is 11.5 Å². The van der Waals surface area contributed by atoms with Gasteiger partial charge in [-0.05, 0) is 72.3 Å². The van der Waals surface area contributed by atoms with E-state index in [4.69, 9.17) is 0 Å². The summed E-state index contributed by atoms with van der Waals surface area (Å²) in [6.07, 6.45) is 0. The zero-order chi connectivity index (χ0) is 15.8. The number of benzene rings is 2. The molecule has 0 amide bonds. The first-order valence-electron chi connectivity index (χ1n) is 7.09. The van der Waals surface area contributed by atoms with Gasteiger partial charge in [-0.25, -0.2) is 0 Å². The Balaban J connectivity index is 1.86. The Labute approximate surface area is 136 Å². The second kappa shape index (κ2) is 8.35. The van der Waals surface area contributed by atoms with Gasteiger partial charge in [-0.1, -0.05) is 36.1 Å². The van der Waals surface area contributed by atoms with Crippen molar-refractivity contribution in [3.05, 3.63) is 70.8 Å². The number of rotatable bonds is 2. The molecule has 0 N–H and O–H groups in total. The van der Waals surface area contributed by atoms with E-state index in [9.17, 15) is 4.55 Å². The molecule has 2 aromatic carbocycles. The zero-order valence-electron chi connectivity index (χ0n) is 12.8. The maximum absolute atomic E-state index is 11.9. The quantitative estimate of drug-likeness (QED) is 0.615. The van der Waals surface area contributed by atoms with Crippen LogP contribution >= 0.6 is 0 Å². The van der Waals surface area contributed by atoms with Gasteiger partial charge >= 0.3 is 0 Å². The molecule has 0 aliphatic carbocycles. The molecule has 2 heteroatoms. The van der Waals surface area contributed by atoms with Gasteiger partial charge in [0.15, 0.2) is 11.5 Å². The summed E-state index contributed by atoms with van der Waals surface area (Å²) in [4.78, 5) is 0. The summed E-state index contributed by atoms with van der Waals surface area (Å²) < 4.78 is 11.9. The molecule has 0 spiro atoms. The summed E-state index contributed by atoms with van der Waals surface area (Å²) in [6.45, 7) is 4.06. The maximum Gasteiger partial charge on any atom is 0.166 e. The monoisotopic (exact) mass is 306 g/mol. The smallest absolute Gasteiger partial charge is 0.166 e. The third kappa shape index (κ3) is 5.70. The minimum absolute atomic E-state index is 0.358. The molecule has 110 valence electrons. The normalized spacial score (nSPS) is 9.64. The van der Waals surface area contributed by atoms with Gasteiger partial charge in [-0.3, -0.25) is 0 Å². The Morgan fingerprint density at radius 3 is 1.68 bits per heavy atom. The van der Waals surface area contributed by atoms with Gasteiger partial charge in [0, 0.05) is 11.1 Å². The molecule has 2 aromatic rings. The van der Waals surface area contributed by atoms with E-state index in [2.05, 4.69) is 23.7 Å². The highest BCUT2D eigenvalue weighted by Crippen LogP contribution is 2.03. The topological polar surface area (TPSA) is 23.1 Å². The van der Waals surface area contributed by atoms with E-state index in [1.54, 1.807) is 0 Å². The van der Waals surface area contributed by atoms with E-state index >= 15 is 0 Å². The minimum Gasteiger partial charge on any atom is -0.615 e. The standard InChI is InChI=1S/C20H18OS/c1-17-7-3-9-19(15-17)11-5-13-22(21)14-6-12-20-10-4-8-18(2)16-20/h3-4,7-10,15-16H,13-14H2,1-2H3.